The predicted octanol–water partition coefficient (Wildman–Crippen LogP) is 7.24. The minimum Gasteiger partial charge on any atom is -0.492 e. The lowest BCUT2D eigenvalue weighted by Crippen LogP contribution is -2.48. The van der Waals surface area contributed by atoms with E-state index in [1.54, 1.807) is 24.7 Å². The lowest BCUT2D eigenvalue weighted by atomic mass is 9.48. The number of amides is 1. The van der Waals surface area contributed by atoms with E-state index in [1.165, 1.54) is 12.8 Å². The number of ether oxygens (including phenoxy) is 2. The van der Waals surface area contributed by atoms with Crippen molar-refractivity contribution in [2.75, 3.05) is 6.61 Å². The molecule has 0 bridgehead atoms. The largest absolute Gasteiger partial charge is 0.492 e. The van der Waals surface area contributed by atoms with Crippen LogP contribution in [0.2, 0.25) is 10.0 Å². The number of pyridine rings is 2. The molecule has 0 radical (unpaired) electrons. The Bertz CT molecular complexity index is 1480. The van der Waals surface area contributed by atoms with Crippen molar-refractivity contribution in [3.8, 4) is 22.8 Å². The molecule has 0 aliphatic heterocycles. The van der Waals surface area contributed by atoms with Gasteiger partial charge in [0.05, 0.1) is 29.0 Å². The molecule has 0 aromatic carbocycles. The second-order valence-electron chi connectivity index (χ2n) is 12.2. The standard InChI is InChI=1S/C31H32Cl2N4O4/c32-23-14-35-15-24(33)26(23)27-22(29(41-37-27)19-5-6-19)7-4-17-9-31(10-17)11-18(12-31)16-39-21-8-25(40-20-2-1-3-20)28(30(34)38)36-13-21/h4,7-8,13-15,17-20H,1-3,5-6,9-12,16H2,(H2,34,38). The Balaban J connectivity index is 0.947. The Morgan fingerprint density at radius 3 is 2.51 bits per heavy atom. The van der Waals surface area contributed by atoms with Crippen LogP contribution in [0.3, 0.4) is 0 Å². The molecule has 10 heteroatoms. The number of nitrogens with zero attached hydrogens (tertiary/aromatic N) is 3. The Morgan fingerprint density at radius 1 is 1.10 bits per heavy atom. The Kier molecular flexibility index (Phi) is 6.94. The average molecular weight is 596 g/mol. The normalized spacial score (nSPS) is 25.5. The summed E-state index contributed by atoms with van der Waals surface area (Å²) in [6.45, 7) is 0.630. The fourth-order valence-electron chi connectivity index (χ4n) is 6.63. The molecule has 1 spiro atoms. The van der Waals surface area contributed by atoms with Gasteiger partial charge in [0, 0.05) is 35.5 Å². The van der Waals surface area contributed by atoms with Crippen molar-refractivity contribution in [3.63, 3.8) is 0 Å². The summed E-state index contributed by atoms with van der Waals surface area (Å²) >= 11 is 12.9. The van der Waals surface area contributed by atoms with Crippen LogP contribution in [0.25, 0.3) is 17.3 Å². The molecule has 3 aromatic rings. The molecule has 0 saturated heterocycles. The molecule has 4 aliphatic carbocycles. The minimum atomic E-state index is -0.589. The van der Waals surface area contributed by atoms with E-state index in [2.05, 4.69) is 27.3 Å². The van der Waals surface area contributed by atoms with E-state index in [4.69, 9.17) is 42.9 Å². The second-order valence-corrected chi connectivity index (χ2v) is 13.0. The zero-order valence-corrected chi connectivity index (χ0v) is 24.2. The molecule has 3 aromatic heterocycles. The zero-order chi connectivity index (χ0) is 28.1. The molecule has 3 heterocycles. The van der Waals surface area contributed by atoms with E-state index >= 15 is 0 Å². The number of aromatic nitrogens is 3. The summed E-state index contributed by atoms with van der Waals surface area (Å²) in [5.41, 5.74) is 8.40. The van der Waals surface area contributed by atoms with Crippen LogP contribution in [0, 0.1) is 17.3 Å². The molecule has 41 heavy (non-hydrogen) atoms. The monoisotopic (exact) mass is 594 g/mol. The minimum absolute atomic E-state index is 0.125. The SMILES string of the molecule is NC(=O)c1ncc(OCC2CC3(CC(C=Cc4c(-c5c(Cl)cncc5Cl)noc4C4CC4)C3)C2)cc1OC1CCC1. The maximum absolute atomic E-state index is 11.8. The number of rotatable bonds is 10. The van der Waals surface area contributed by atoms with Gasteiger partial charge in [0.1, 0.15) is 17.2 Å². The maximum Gasteiger partial charge on any atom is 0.271 e. The summed E-state index contributed by atoms with van der Waals surface area (Å²) in [7, 11) is 0. The molecule has 4 saturated carbocycles. The van der Waals surface area contributed by atoms with Crippen molar-refractivity contribution >= 4 is 35.2 Å². The van der Waals surface area contributed by atoms with Crippen LogP contribution >= 0.6 is 23.2 Å². The van der Waals surface area contributed by atoms with E-state index in [9.17, 15) is 4.79 Å². The number of hydrogen-bond acceptors (Lipinski definition) is 7. The van der Waals surface area contributed by atoms with Gasteiger partial charge < -0.3 is 19.7 Å². The van der Waals surface area contributed by atoms with Crippen LogP contribution in [-0.4, -0.2) is 33.7 Å². The first-order chi connectivity index (χ1) is 19.9. The lowest BCUT2D eigenvalue weighted by Gasteiger charge is -2.57. The van der Waals surface area contributed by atoms with Crippen LogP contribution in [0.5, 0.6) is 11.5 Å². The summed E-state index contributed by atoms with van der Waals surface area (Å²) < 4.78 is 17.8. The van der Waals surface area contributed by atoms with E-state index in [-0.39, 0.29) is 11.8 Å². The second kappa shape index (κ2) is 10.6. The molecule has 4 aliphatic rings. The maximum atomic E-state index is 11.8. The van der Waals surface area contributed by atoms with E-state index in [1.807, 2.05) is 0 Å². The van der Waals surface area contributed by atoms with Crippen LogP contribution in [-0.2, 0) is 0 Å². The van der Waals surface area contributed by atoms with Gasteiger partial charge in [0.2, 0.25) is 0 Å². The van der Waals surface area contributed by atoms with Crippen molar-refractivity contribution in [3.05, 3.63) is 57.8 Å². The Morgan fingerprint density at radius 2 is 1.85 bits per heavy atom. The first-order valence-corrected chi connectivity index (χ1v) is 15.2. The van der Waals surface area contributed by atoms with Gasteiger partial charge in [-0.15, -0.1) is 0 Å². The molecule has 8 nitrogen and oxygen atoms in total. The van der Waals surface area contributed by atoms with Crippen molar-refractivity contribution in [1.29, 1.82) is 0 Å². The average Bonchev–Trinajstić information content (AvgIpc) is 3.64. The molecule has 2 N–H and O–H groups in total. The predicted molar refractivity (Wildman–Crippen MR) is 155 cm³/mol. The smallest absolute Gasteiger partial charge is 0.271 e. The molecule has 7 rings (SSSR count). The highest BCUT2D eigenvalue weighted by Gasteiger charge is 2.52. The number of carbonyl (C=O) groups excluding carboxylic acids is 1. The third-order valence-corrected chi connectivity index (χ3v) is 9.63. The van der Waals surface area contributed by atoms with Gasteiger partial charge in [-0.3, -0.25) is 9.78 Å². The number of halogens is 2. The number of nitrogens with two attached hydrogens (primary N) is 1. The van der Waals surface area contributed by atoms with Crippen LogP contribution in [0.4, 0.5) is 0 Å². The van der Waals surface area contributed by atoms with Crippen molar-refractivity contribution in [1.82, 2.24) is 15.1 Å². The Labute approximate surface area is 248 Å². The van der Waals surface area contributed by atoms with E-state index < -0.39 is 5.91 Å². The van der Waals surface area contributed by atoms with Crippen LogP contribution in [0.15, 0.2) is 35.3 Å². The first kappa shape index (κ1) is 26.8. The molecular weight excluding hydrogens is 563 g/mol. The number of allylic oxidation sites excluding steroid dienone is 1. The molecule has 0 unspecified atom stereocenters. The summed E-state index contributed by atoms with van der Waals surface area (Å²) in [5.74, 6) is 2.82. The fourth-order valence-corrected chi connectivity index (χ4v) is 7.17. The first-order valence-electron chi connectivity index (χ1n) is 14.4. The number of carbonyl (C=O) groups is 1. The topological polar surface area (TPSA) is 113 Å². The quantitative estimate of drug-likeness (QED) is 0.263. The highest BCUT2D eigenvalue weighted by atomic mass is 35.5. The van der Waals surface area contributed by atoms with E-state index in [0.717, 1.165) is 56.3 Å². The summed E-state index contributed by atoms with van der Waals surface area (Å²) in [4.78, 5) is 20.1. The highest BCUT2D eigenvalue weighted by molar-refractivity contribution is 6.39. The van der Waals surface area contributed by atoms with Gasteiger partial charge >= 0.3 is 0 Å². The molecule has 0 atom stereocenters. The van der Waals surface area contributed by atoms with Crippen LogP contribution < -0.4 is 15.2 Å². The fraction of sp³-hybridized carbons (Fsp3) is 0.484. The third kappa shape index (κ3) is 5.32. The number of primary amides is 1. The zero-order valence-electron chi connectivity index (χ0n) is 22.7. The summed E-state index contributed by atoms with van der Waals surface area (Å²) in [5, 5.41) is 5.31. The Hall–Kier alpha value is -3.10. The van der Waals surface area contributed by atoms with Gasteiger partial charge in [0.15, 0.2) is 11.4 Å². The van der Waals surface area contributed by atoms with Gasteiger partial charge in [0.25, 0.3) is 5.91 Å². The third-order valence-electron chi connectivity index (χ3n) is 9.06. The summed E-state index contributed by atoms with van der Waals surface area (Å²) in [6.07, 6.45) is 19.3. The molecule has 1 amide bonds. The van der Waals surface area contributed by atoms with E-state index in [0.29, 0.717) is 62.6 Å². The van der Waals surface area contributed by atoms with Crippen molar-refractivity contribution in [2.24, 2.45) is 23.0 Å². The number of hydrogen-bond donors (Lipinski definition) is 1. The van der Waals surface area contributed by atoms with Gasteiger partial charge in [-0.2, -0.15) is 0 Å². The van der Waals surface area contributed by atoms with Crippen molar-refractivity contribution in [2.45, 2.75) is 69.8 Å². The van der Waals surface area contributed by atoms with Gasteiger partial charge in [-0.05, 0) is 75.0 Å². The molecule has 214 valence electrons. The summed E-state index contributed by atoms with van der Waals surface area (Å²) in [6, 6.07) is 1.76. The van der Waals surface area contributed by atoms with Gasteiger partial charge in [-0.25, -0.2) is 4.98 Å². The molecule has 4 fully saturated rings. The van der Waals surface area contributed by atoms with Crippen LogP contribution in [0.1, 0.15) is 85.5 Å². The van der Waals surface area contributed by atoms with Gasteiger partial charge in [-0.1, -0.05) is 40.5 Å². The lowest BCUT2D eigenvalue weighted by molar-refractivity contribution is -0.0658. The van der Waals surface area contributed by atoms with Crippen molar-refractivity contribution < 1.29 is 18.8 Å². The molecular formula is C31H32Cl2N4O4. The highest BCUT2D eigenvalue weighted by Crippen LogP contribution is 2.61.